The summed E-state index contributed by atoms with van der Waals surface area (Å²) in [5.74, 6) is -0.191. The smallest absolute Gasteiger partial charge is 0.417 e. The van der Waals surface area contributed by atoms with E-state index in [4.69, 9.17) is 4.74 Å². The number of carbonyl (C=O) groups excluding carboxylic acids is 1. The summed E-state index contributed by atoms with van der Waals surface area (Å²) in [6.45, 7) is 2.74. The molecule has 0 radical (unpaired) electrons. The molecule has 0 aliphatic rings. The van der Waals surface area contributed by atoms with Crippen molar-refractivity contribution in [3.63, 3.8) is 0 Å². The van der Waals surface area contributed by atoms with Crippen molar-refractivity contribution < 1.29 is 22.7 Å². The first kappa shape index (κ1) is 15.1. The number of amides is 1. The lowest BCUT2D eigenvalue weighted by Crippen LogP contribution is -2.10. The summed E-state index contributed by atoms with van der Waals surface area (Å²) in [6.07, 6.45) is -4.52. The molecule has 1 amide bonds. The molecule has 2 rings (SSSR count). The van der Waals surface area contributed by atoms with Crippen molar-refractivity contribution in [1.29, 1.82) is 0 Å². The summed E-state index contributed by atoms with van der Waals surface area (Å²) in [5, 5.41) is 2.36. The number of aromatic nitrogens is 1. The Morgan fingerprint density at radius 3 is 2.48 bits per heavy atom. The number of ether oxygens (including phenoxy) is 1. The first-order valence-corrected chi connectivity index (χ1v) is 6.06. The van der Waals surface area contributed by atoms with Crippen LogP contribution in [0.15, 0.2) is 18.2 Å². The van der Waals surface area contributed by atoms with Gasteiger partial charge in [-0.05, 0) is 19.1 Å². The van der Waals surface area contributed by atoms with E-state index >= 15 is 0 Å². The Balaban J connectivity index is 2.85. The van der Waals surface area contributed by atoms with E-state index in [2.05, 4.69) is 10.3 Å². The number of hydrogen-bond acceptors (Lipinski definition) is 3. The number of halogens is 3. The van der Waals surface area contributed by atoms with Crippen LogP contribution in [-0.2, 0) is 11.0 Å². The molecule has 2 aromatic rings. The van der Waals surface area contributed by atoms with Gasteiger partial charge in [-0.15, -0.1) is 0 Å². The highest BCUT2D eigenvalue weighted by atomic mass is 19.4. The summed E-state index contributed by atoms with van der Waals surface area (Å²) in [7, 11) is 1.34. The monoisotopic (exact) mass is 298 g/mol. The molecule has 112 valence electrons. The predicted molar refractivity (Wildman–Crippen MR) is 72.3 cm³/mol. The first-order valence-electron chi connectivity index (χ1n) is 6.06. The van der Waals surface area contributed by atoms with Gasteiger partial charge in [-0.3, -0.25) is 9.78 Å². The van der Waals surface area contributed by atoms with E-state index in [1.54, 1.807) is 0 Å². The summed E-state index contributed by atoms with van der Waals surface area (Å²) >= 11 is 0. The fourth-order valence-corrected chi connectivity index (χ4v) is 2.07. The van der Waals surface area contributed by atoms with E-state index < -0.39 is 17.6 Å². The van der Waals surface area contributed by atoms with Crippen molar-refractivity contribution in [1.82, 2.24) is 4.98 Å². The highest BCUT2D eigenvalue weighted by molar-refractivity contribution is 6.01. The minimum absolute atomic E-state index is 0.0818. The second-order valence-electron chi connectivity index (χ2n) is 4.56. The third-order valence-electron chi connectivity index (χ3n) is 2.87. The number of alkyl halides is 3. The van der Waals surface area contributed by atoms with E-state index in [0.717, 1.165) is 6.07 Å². The molecule has 0 aliphatic carbocycles. The van der Waals surface area contributed by atoms with Crippen LogP contribution in [0.4, 0.5) is 18.9 Å². The van der Waals surface area contributed by atoms with Crippen LogP contribution in [0, 0.1) is 6.92 Å². The Labute approximate surface area is 118 Å². The maximum Gasteiger partial charge on any atom is 0.417 e. The molecule has 0 saturated carbocycles. The zero-order valence-corrected chi connectivity index (χ0v) is 11.6. The summed E-state index contributed by atoms with van der Waals surface area (Å²) in [6, 6.07) is 3.67. The molecule has 0 unspecified atom stereocenters. The maximum atomic E-state index is 13.2. The van der Waals surface area contributed by atoms with Crippen molar-refractivity contribution >= 4 is 22.5 Å². The van der Waals surface area contributed by atoms with E-state index in [1.807, 2.05) is 0 Å². The number of nitrogens with zero attached hydrogens (tertiary/aromatic N) is 1. The molecule has 21 heavy (non-hydrogen) atoms. The van der Waals surface area contributed by atoms with Gasteiger partial charge in [0, 0.05) is 24.1 Å². The van der Waals surface area contributed by atoms with Crippen molar-refractivity contribution in [2.24, 2.45) is 0 Å². The van der Waals surface area contributed by atoms with Gasteiger partial charge < -0.3 is 10.1 Å². The molecule has 1 N–H and O–H groups in total. The normalized spacial score (nSPS) is 11.5. The number of pyridine rings is 1. The molecule has 0 bridgehead atoms. The van der Waals surface area contributed by atoms with Gasteiger partial charge in [0.25, 0.3) is 0 Å². The summed E-state index contributed by atoms with van der Waals surface area (Å²) in [4.78, 5) is 15.3. The van der Waals surface area contributed by atoms with Crippen LogP contribution >= 0.6 is 0 Å². The molecule has 0 aliphatic heterocycles. The Hall–Kier alpha value is -2.31. The number of carbonyl (C=O) groups is 1. The van der Waals surface area contributed by atoms with Gasteiger partial charge in [-0.25, -0.2) is 0 Å². The fraction of sp³-hybridized carbons (Fsp3) is 0.286. The lowest BCUT2D eigenvalue weighted by molar-refractivity contribution is -0.136. The zero-order chi connectivity index (χ0) is 15.8. The number of nitrogens with one attached hydrogen (secondary N) is 1. The van der Waals surface area contributed by atoms with Crippen LogP contribution in [0.1, 0.15) is 18.2 Å². The van der Waals surface area contributed by atoms with E-state index in [1.165, 1.54) is 33.1 Å². The molecule has 0 saturated heterocycles. The third kappa shape index (κ3) is 3.07. The van der Waals surface area contributed by atoms with Crippen LogP contribution in [0.25, 0.3) is 10.9 Å². The van der Waals surface area contributed by atoms with Crippen LogP contribution in [0.5, 0.6) is 5.75 Å². The molecule has 7 heteroatoms. The Bertz CT molecular complexity index is 711. The van der Waals surface area contributed by atoms with Gasteiger partial charge in [-0.2, -0.15) is 13.2 Å². The topological polar surface area (TPSA) is 51.2 Å². The lowest BCUT2D eigenvalue weighted by atomic mass is 10.1. The molecule has 1 aromatic heterocycles. The van der Waals surface area contributed by atoms with E-state index in [9.17, 15) is 18.0 Å². The lowest BCUT2D eigenvalue weighted by Gasteiger charge is -2.15. The number of aryl methyl sites for hydroxylation is 1. The van der Waals surface area contributed by atoms with E-state index in [0.29, 0.717) is 0 Å². The minimum Gasteiger partial charge on any atom is -0.497 e. The number of benzene rings is 1. The van der Waals surface area contributed by atoms with Crippen LogP contribution in [0.3, 0.4) is 0 Å². The van der Waals surface area contributed by atoms with E-state index in [-0.39, 0.29) is 28.0 Å². The highest BCUT2D eigenvalue weighted by Gasteiger charge is 2.33. The van der Waals surface area contributed by atoms with Gasteiger partial charge in [0.1, 0.15) is 5.75 Å². The first-order chi connectivity index (χ1) is 9.72. The predicted octanol–water partition coefficient (Wildman–Crippen LogP) is 3.53. The van der Waals surface area contributed by atoms with Gasteiger partial charge in [0.05, 0.1) is 23.9 Å². The van der Waals surface area contributed by atoms with Crippen LogP contribution in [0.2, 0.25) is 0 Å². The Morgan fingerprint density at radius 2 is 1.95 bits per heavy atom. The SMILES string of the molecule is COc1cc(NC(C)=O)c2nc(C)cc(C(F)(F)F)c2c1. The molecular formula is C14H13F3N2O2. The second kappa shape index (κ2) is 5.23. The zero-order valence-electron chi connectivity index (χ0n) is 11.6. The van der Waals surface area contributed by atoms with Gasteiger partial charge in [0.2, 0.25) is 5.91 Å². The number of fused-ring (bicyclic) bond motifs is 1. The standard InChI is InChI=1S/C14H13F3N2O2/c1-7-4-11(14(15,16)17)10-5-9(21-3)6-12(13(10)18-7)19-8(2)20/h4-6H,1-3H3,(H,19,20). The quantitative estimate of drug-likeness (QED) is 0.922. The third-order valence-corrected chi connectivity index (χ3v) is 2.87. The number of methoxy groups -OCH3 is 1. The average molecular weight is 298 g/mol. The maximum absolute atomic E-state index is 13.2. The molecule has 0 fully saturated rings. The molecule has 0 atom stereocenters. The van der Waals surface area contributed by atoms with Crippen LogP contribution in [-0.4, -0.2) is 18.0 Å². The molecule has 4 nitrogen and oxygen atoms in total. The Kier molecular flexibility index (Phi) is 3.76. The molecule has 1 aromatic carbocycles. The summed E-state index contributed by atoms with van der Waals surface area (Å²) in [5.41, 5.74) is -0.327. The van der Waals surface area contributed by atoms with Gasteiger partial charge in [-0.1, -0.05) is 0 Å². The number of rotatable bonds is 2. The molecule has 1 heterocycles. The average Bonchev–Trinajstić information content (AvgIpc) is 2.36. The Morgan fingerprint density at radius 1 is 1.29 bits per heavy atom. The largest absolute Gasteiger partial charge is 0.497 e. The minimum atomic E-state index is -4.52. The van der Waals surface area contributed by atoms with Gasteiger partial charge in [0.15, 0.2) is 0 Å². The van der Waals surface area contributed by atoms with Crippen molar-refractivity contribution in [2.75, 3.05) is 12.4 Å². The fourth-order valence-electron chi connectivity index (χ4n) is 2.07. The number of hydrogen-bond donors (Lipinski definition) is 1. The summed E-state index contributed by atoms with van der Waals surface area (Å²) < 4.78 is 44.5. The molecule has 0 spiro atoms. The van der Waals surface area contributed by atoms with Crippen molar-refractivity contribution in [3.05, 3.63) is 29.5 Å². The second-order valence-corrected chi connectivity index (χ2v) is 4.56. The number of anilines is 1. The highest BCUT2D eigenvalue weighted by Crippen LogP contribution is 2.38. The van der Waals surface area contributed by atoms with Gasteiger partial charge >= 0.3 is 6.18 Å². The van der Waals surface area contributed by atoms with Crippen LogP contribution < -0.4 is 10.1 Å². The molecular weight excluding hydrogens is 285 g/mol. The van der Waals surface area contributed by atoms with Crippen molar-refractivity contribution in [3.8, 4) is 5.75 Å². The van der Waals surface area contributed by atoms with Crippen molar-refractivity contribution in [2.45, 2.75) is 20.0 Å².